The molecular weight excluding hydrogens is 338 g/mol. The topological polar surface area (TPSA) is 57.6 Å². The molecule has 0 radical (unpaired) electrons. The molecule has 0 bridgehead atoms. The molecule has 4 rings (SSSR count). The number of para-hydroxylation sites is 1. The molecule has 4 heteroatoms. The van der Waals surface area contributed by atoms with Gasteiger partial charge in [-0.15, -0.1) is 0 Å². The largest absolute Gasteiger partial charge is 0.375 e. The molecule has 1 aliphatic heterocycles. The second kappa shape index (κ2) is 6.32. The zero-order chi connectivity index (χ0) is 19.2. The highest BCUT2D eigenvalue weighted by molar-refractivity contribution is 6.14. The molecule has 0 saturated carbocycles. The van der Waals surface area contributed by atoms with Gasteiger partial charge in [0, 0.05) is 17.2 Å². The van der Waals surface area contributed by atoms with E-state index >= 15 is 0 Å². The number of aliphatic hydroxyl groups is 1. The Morgan fingerprint density at radius 2 is 1.67 bits per heavy atom. The van der Waals surface area contributed by atoms with Crippen LogP contribution in [0.15, 0.2) is 66.7 Å². The summed E-state index contributed by atoms with van der Waals surface area (Å²) in [5.41, 5.74) is -0.146. The minimum atomic E-state index is -1.84. The Labute approximate surface area is 158 Å². The zero-order valence-corrected chi connectivity index (χ0v) is 15.3. The molecule has 0 aliphatic carbocycles. The van der Waals surface area contributed by atoms with Gasteiger partial charge in [-0.05, 0) is 30.7 Å². The van der Waals surface area contributed by atoms with Crippen molar-refractivity contribution < 1.29 is 14.7 Å². The van der Waals surface area contributed by atoms with Gasteiger partial charge in [0.15, 0.2) is 11.4 Å². The van der Waals surface area contributed by atoms with Gasteiger partial charge < -0.3 is 10.0 Å². The summed E-state index contributed by atoms with van der Waals surface area (Å²) in [6.45, 7) is 3.79. The van der Waals surface area contributed by atoms with Crippen LogP contribution in [0.3, 0.4) is 0 Å². The van der Waals surface area contributed by atoms with E-state index in [9.17, 15) is 14.7 Å². The van der Waals surface area contributed by atoms with Crippen LogP contribution in [0.4, 0.5) is 5.69 Å². The number of carbonyl (C=O) groups excluding carboxylic acids is 2. The number of carbonyl (C=O) groups is 2. The van der Waals surface area contributed by atoms with Crippen LogP contribution in [0.2, 0.25) is 0 Å². The summed E-state index contributed by atoms with van der Waals surface area (Å²) in [5.74, 6) is -0.685. The van der Waals surface area contributed by atoms with E-state index in [1.54, 1.807) is 23.1 Å². The molecule has 0 spiro atoms. The Bertz CT molecular complexity index is 1050. The summed E-state index contributed by atoms with van der Waals surface area (Å²) < 4.78 is 0. The Balaban J connectivity index is 1.77. The van der Waals surface area contributed by atoms with Crippen molar-refractivity contribution in [3.63, 3.8) is 0 Å². The van der Waals surface area contributed by atoms with Gasteiger partial charge in [-0.1, -0.05) is 60.7 Å². The van der Waals surface area contributed by atoms with Crippen LogP contribution < -0.4 is 4.90 Å². The molecule has 1 heterocycles. The molecule has 27 heavy (non-hydrogen) atoms. The Morgan fingerprint density at radius 1 is 1.00 bits per heavy atom. The van der Waals surface area contributed by atoms with Crippen LogP contribution in [0.5, 0.6) is 0 Å². The lowest BCUT2D eigenvalue weighted by Gasteiger charge is -2.25. The standard InChI is InChI=1S/C23H21NO3/c1-15(2)24-20-13-6-5-12-19(20)23(27,22(24)26)14-21(25)18-11-7-9-16-8-3-4-10-17(16)18/h3-13,15,27H,14H2,1-2H3. The van der Waals surface area contributed by atoms with Crippen molar-refractivity contribution in [1.82, 2.24) is 0 Å². The van der Waals surface area contributed by atoms with Crippen LogP contribution in [-0.2, 0) is 10.4 Å². The molecule has 3 aromatic rings. The van der Waals surface area contributed by atoms with Crippen molar-refractivity contribution in [3.8, 4) is 0 Å². The van der Waals surface area contributed by atoms with E-state index in [1.807, 2.05) is 62.4 Å². The first-order valence-corrected chi connectivity index (χ1v) is 9.10. The van der Waals surface area contributed by atoms with Gasteiger partial charge in [0.2, 0.25) is 0 Å². The van der Waals surface area contributed by atoms with Crippen molar-refractivity contribution in [3.05, 3.63) is 77.9 Å². The van der Waals surface area contributed by atoms with Crippen LogP contribution in [0, 0.1) is 0 Å². The fourth-order valence-electron chi connectivity index (χ4n) is 3.94. The lowest BCUT2D eigenvalue weighted by atomic mass is 9.87. The normalized spacial score (nSPS) is 19.0. The highest BCUT2D eigenvalue weighted by atomic mass is 16.3. The van der Waals surface area contributed by atoms with Gasteiger partial charge in [0.05, 0.1) is 12.1 Å². The molecule has 1 amide bonds. The number of rotatable bonds is 4. The molecule has 1 N–H and O–H groups in total. The molecule has 4 nitrogen and oxygen atoms in total. The lowest BCUT2D eigenvalue weighted by Crippen LogP contribution is -2.44. The number of hydrogen-bond acceptors (Lipinski definition) is 3. The zero-order valence-electron chi connectivity index (χ0n) is 15.3. The number of fused-ring (bicyclic) bond motifs is 2. The summed E-state index contributed by atoms with van der Waals surface area (Å²) >= 11 is 0. The highest BCUT2D eigenvalue weighted by Gasteiger charge is 2.51. The number of ketones is 1. The number of nitrogens with zero attached hydrogens (tertiary/aromatic N) is 1. The Morgan fingerprint density at radius 3 is 2.44 bits per heavy atom. The van der Waals surface area contributed by atoms with Crippen LogP contribution in [-0.4, -0.2) is 22.8 Å². The van der Waals surface area contributed by atoms with Crippen molar-refractivity contribution >= 4 is 28.2 Å². The Kier molecular flexibility index (Phi) is 4.08. The summed E-state index contributed by atoms with van der Waals surface area (Å²) in [4.78, 5) is 27.8. The minimum Gasteiger partial charge on any atom is -0.375 e. The second-order valence-corrected chi connectivity index (χ2v) is 7.27. The van der Waals surface area contributed by atoms with Gasteiger partial charge in [-0.25, -0.2) is 0 Å². The molecule has 1 aliphatic rings. The van der Waals surface area contributed by atoms with E-state index in [0.717, 1.165) is 10.8 Å². The highest BCUT2D eigenvalue weighted by Crippen LogP contribution is 2.44. The molecule has 0 fully saturated rings. The van der Waals surface area contributed by atoms with E-state index in [-0.39, 0.29) is 18.2 Å². The maximum Gasteiger partial charge on any atom is 0.264 e. The predicted octanol–water partition coefficient (Wildman–Crippen LogP) is 4.06. The molecule has 1 atom stereocenters. The summed E-state index contributed by atoms with van der Waals surface area (Å²) in [7, 11) is 0. The molecule has 1 unspecified atom stereocenters. The fraction of sp³-hybridized carbons (Fsp3) is 0.217. The van der Waals surface area contributed by atoms with Gasteiger partial charge in [-0.2, -0.15) is 0 Å². The monoisotopic (exact) mass is 359 g/mol. The third kappa shape index (κ3) is 2.64. The SMILES string of the molecule is CC(C)N1C(=O)C(O)(CC(=O)c2cccc3ccccc23)c2ccccc21. The van der Waals surface area contributed by atoms with E-state index in [2.05, 4.69) is 0 Å². The number of anilines is 1. The first kappa shape index (κ1) is 17.4. The van der Waals surface area contributed by atoms with E-state index in [4.69, 9.17) is 0 Å². The summed E-state index contributed by atoms with van der Waals surface area (Å²) in [6, 6.07) is 20.2. The van der Waals surface area contributed by atoms with Crippen molar-refractivity contribution in [2.45, 2.75) is 31.9 Å². The van der Waals surface area contributed by atoms with E-state index in [0.29, 0.717) is 16.8 Å². The van der Waals surface area contributed by atoms with Crippen LogP contribution >= 0.6 is 0 Å². The summed E-state index contributed by atoms with van der Waals surface area (Å²) in [5, 5.41) is 13.1. The number of amides is 1. The number of Topliss-reactive ketones (excluding diaryl/α,β-unsaturated/α-hetero) is 1. The van der Waals surface area contributed by atoms with Crippen molar-refractivity contribution in [2.75, 3.05) is 4.90 Å². The first-order valence-electron chi connectivity index (χ1n) is 9.10. The third-order valence-corrected chi connectivity index (χ3v) is 5.20. The smallest absolute Gasteiger partial charge is 0.264 e. The number of benzene rings is 3. The van der Waals surface area contributed by atoms with Gasteiger partial charge in [0.1, 0.15) is 0 Å². The van der Waals surface area contributed by atoms with Gasteiger partial charge >= 0.3 is 0 Å². The number of hydrogen-bond donors (Lipinski definition) is 1. The second-order valence-electron chi connectivity index (χ2n) is 7.27. The quantitative estimate of drug-likeness (QED) is 0.715. The molecule has 3 aromatic carbocycles. The fourth-order valence-corrected chi connectivity index (χ4v) is 3.94. The van der Waals surface area contributed by atoms with Gasteiger partial charge in [0.25, 0.3) is 5.91 Å². The molecule has 136 valence electrons. The lowest BCUT2D eigenvalue weighted by molar-refractivity contribution is -0.136. The first-order chi connectivity index (χ1) is 12.9. The minimum absolute atomic E-state index is 0.111. The Hall–Kier alpha value is -2.98. The molecular formula is C23H21NO3. The van der Waals surface area contributed by atoms with E-state index < -0.39 is 11.5 Å². The average molecular weight is 359 g/mol. The van der Waals surface area contributed by atoms with Crippen LogP contribution in [0.1, 0.15) is 36.2 Å². The van der Waals surface area contributed by atoms with Crippen molar-refractivity contribution in [1.29, 1.82) is 0 Å². The maximum atomic E-state index is 13.1. The maximum absolute atomic E-state index is 13.1. The average Bonchev–Trinajstić information content (AvgIpc) is 2.89. The van der Waals surface area contributed by atoms with Crippen LogP contribution in [0.25, 0.3) is 10.8 Å². The third-order valence-electron chi connectivity index (χ3n) is 5.20. The molecule has 0 saturated heterocycles. The summed E-state index contributed by atoms with van der Waals surface area (Å²) in [6.07, 6.45) is -0.278. The predicted molar refractivity (Wildman–Crippen MR) is 106 cm³/mol. The van der Waals surface area contributed by atoms with E-state index in [1.165, 1.54) is 0 Å². The van der Waals surface area contributed by atoms with Gasteiger partial charge in [-0.3, -0.25) is 9.59 Å². The van der Waals surface area contributed by atoms with Crippen molar-refractivity contribution in [2.24, 2.45) is 0 Å². The molecule has 0 aromatic heterocycles.